The van der Waals surface area contributed by atoms with Crippen LogP contribution in [0.3, 0.4) is 0 Å². The van der Waals surface area contributed by atoms with Gasteiger partial charge >= 0.3 is 6.03 Å². The Morgan fingerprint density at radius 3 is 2.78 bits per heavy atom. The molecule has 5 heteroatoms. The van der Waals surface area contributed by atoms with Crippen LogP contribution in [0.15, 0.2) is 36.7 Å². The van der Waals surface area contributed by atoms with Gasteiger partial charge in [-0.3, -0.25) is 9.88 Å². The number of nitriles is 1. The van der Waals surface area contributed by atoms with E-state index in [9.17, 15) is 10.1 Å². The van der Waals surface area contributed by atoms with Crippen LogP contribution in [0.5, 0.6) is 0 Å². The molecule has 0 N–H and O–H groups in total. The summed E-state index contributed by atoms with van der Waals surface area (Å²) in [6, 6.07) is 9.89. The summed E-state index contributed by atoms with van der Waals surface area (Å²) in [6.07, 6.45) is 5.54. The van der Waals surface area contributed by atoms with E-state index in [1.54, 1.807) is 17.3 Å². The van der Waals surface area contributed by atoms with Gasteiger partial charge in [-0.25, -0.2) is 4.79 Å². The van der Waals surface area contributed by atoms with Crippen LogP contribution in [0.25, 0.3) is 10.8 Å². The molecule has 1 atom stereocenters. The highest BCUT2D eigenvalue weighted by Gasteiger charge is 2.45. The molecule has 2 fully saturated rings. The maximum absolute atomic E-state index is 12.9. The van der Waals surface area contributed by atoms with Crippen molar-refractivity contribution in [2.75, 3.05) is 11.4 Å². The lowest BCUT2D eigenvalue weighted by Crippen LogP contribution is -2.46. The number of pyridine rings is 1. The molecule has 23 heavy (non-hydrogen) atoms. The third kappa shape index (κ3) is 2.14. The van der Waals surface area contributed by atoms with Gasteiger partial charge in [0.05, 0.1) is 24.5 Å². The predicted octanol–water partition coefficient (Wildman–Crippen LogP) is 3.17. The highest BCUT2D eigenvalue weighted by Crippen LogP contribution is 2.37. The number of carbonyl (C=O) groups is 1. The zero-order chi connectivity index (χ0) is 16.0. The lowest BCUT2D eigenvalue weighted by Gasteiger charge is -2.39. The molecule has 1 aliphatic carbocycles. The fraction of sp³-hybridized carbons (Fsp3) is 0.389. The first kappa shape index (κ1) is 14.0. The molecule has 0 radical (unpaired) electrons. The van der Waals surface area contributed by atoms with Gasteiger partial charge in [0, 0.05) is 23.0 Å². The summed E-state index contributed by atoms with van der Waals surface area (Å²) in [5.74, 6) is 0.668. The minimum atomic E-state index is -0.453. The monoisotopic (exact) mass is 306 g/mol. The molecule has 2 heterocycles. The van der Waals surface area contributed by atoms with Crippen molar-refractivity contribution in [1.82, 2.24) is 9.88 Å². The van der Waals surface area contributed by atoms with Gasteiger partial charge in [0.25, 0.3) is 0 Å². The fourth-order valence-corrected chi connectivity index (χ4v) is 3.70. The number of carbonyl (C=O) groups excluding carboxylic acids is 1. The molecule has 2 amide bonds. The number of nitrogens with zero attached hydrogens (tertiary/aromatic N) is 4. The van der Waals surface area contributed by atoms with Crippen molar-refractivity contribution in [2.45, 2.75) is 31.8 Å². The highest BCUT2D eigenvalue weighted by molar-refractivity contribution is 6.04. The van der Waals surface area contributed by atoms with Crippen LogP contribution in [0.1, 0.15) is 19.8 Å². The van der Waals surface area contributed by atoms with Crippen LogP contribution in [-0.4, -0.2) is 34.5 Å². The molecule has 4 rings (SSSR count). The Morgan fingerprint density at radius 2 is 2.04 bits per heavy atom. The SMILES string of the molecule is CC1CC(N2C[C@H](C#N)N(c3cncc4ccccc34)C2=O)C1. The van der Waals surface area contributed by atoms with Crippen molar-refractivity contribution in [3.63, 3.8) is 0 Å². The zero-order valence-corrected chi connectivity index (χ0v) is 13.0. The number of fused-ring (bicyclic) bond motifs is 1. The molecule has 116 valence electrons. The molecule has 0 spiro atoms. The number of benzene rings is 1. The Hall–Kier alpha value is -2.61. The number of urea groups is 1. The molecule has 1 aromatic carbocycles. The highest BCUT2D eigenvalue weighted by atomic mass is 16.2. The van der Waals surface area contributed by atoms with Crippen LogP contribution in [0.4, 0.5) is 10.5 Å². The van der Waals surface area contributed by atoms with E-state index in [0.29, 0.717) is 12.5 Å². The Kier molecular flexibility index (Phi) is 3.19. The Morgan fingerprint density at radius 1 is 1.26 bits per heavy atom. The Balaban J connectivity index is 1.74. The molecule has 1 aliphatic heterocycles. The summed E-state index contributed by atoms with van der Waals surface area (Å²) >= 11 is 0. The third-order valence-corrected chi connectivity index (χ3v) is 4.98. The summed E-state index contributed by atoms with van der Waals surface area (Å²) < 4.78 is 0. The molecular formula is C18H18N4O. The predicted molar refractivity (Wildman–Crippen MR) is 87.9 cm³/mol. The first-order valence-corrected chi connectivity index (χ1v) is 8.01. The van der Waals surface area contributed by atoms with Crippen LogP contribution < -0.4 is 4.90 Å². The summed E-state index contributed by atoms with van der Waals surface area (Å²) in [5, 5.41) is 11.5. The van der Waals surface area contributed by atoms with E-state index in [1.807, 2.05) is 29.2 Å². The van der Waals surface area contributed by atoms with Crippen molar-refractivity contribution >= 4 is 22.5 Å². The normalized spacial score (nSPS) is 27.1. The van der Waals surface area contributed by atoms with E-state index < -0.39 is 6.04 Å². The van der Waals surface area contributed by atoms with Crippen LogP contribution in [0, 0.1) is 17.2 Å². The second kappa shape index (κ2) is 5.24. The second-order valence-corrected chi connectivity index (χ2v) is 6.56. The summed E-state index contributed by atoms with van der Waals surface area (Å²) in [4.78, 5) is 20.7. The second-order valence-electron chi connectivity index (χ2n) is 6.56. The average molecular weight is 306 g/mol. The maximum Gasteiger partial charge on any atom is 0.326 e. The van der Waals surface area contributed by atoms with E-state index in [0.717, 1.165) is 29.3 Å². The van der Waals surface area contributed by atoms with Gasteiger partial charge in [0.15, 0.2) is 0 Å². The van der Waals surface area contributed by atoms with Gasteiger partial charge in [-0.05, 0) is 18.8 Å². The van der Waals surface area contributed by atoms with Crippen molar-refractivity contribution < 1.29 is 4.79 Å². The van der Waals surface area contributed by atoms with Crippen molar-refractivity contribution in [2.24, 2.45) is 5.92 Å². The third-order valence-electron chi connectivity index (χ3n) is 4.98. The van der Waals surface area contributed by atoms with Gasteiger partial charge in [0.1, 0.15) is 6.04 Å². The summed E-state index contributed by atoms with van der Waals surface area (Å²) in [6.45, 7) is 2.68. The standard InChI is InChI=1S/C18H18N4O/c1-12-6-14(7-12)21-11-15(8-19)22(18(21)23)17-10-20-9-13-4-2-3-5-16(13)17/h2-5,9-10,12,14-15H,6-7,11H2,1H3/t12?,14?,15-/m0/s1. The van der Waals surface area contributed by atoms with Gasteiger partial charge in [-0.15, -0.1) is 0 Å². The quantitative estimate of drug-likeness (QED) is 0.856. The number of aromatic nitrogens is 1. The van der Waals surface area contributed by atoms with E-state index in [2.05, 4.69) is 18.0 Å². The largest absolute Gasteiger partial charge is 0.326 e. The van der Waals surface area contributed by atoms with Crippen LogP contribution >= 0.6 is 0 Å². The number of hydrogen-bond donors (Lipinski definition) is 0. The Labute approximate surface area is 135 Å². The molecular weight excluding hydrogens is 288 g/mol. The molecule has 0 bridgehead atoms. The van der Waals surface area contributed by atoms with E-state index >= 15 is 0 Å². The van der Waals surface area contributed by atoms with Crippen LogP contribution in [0.2, 0.25) is 0 Å². The average Bonchev–Trinajstić information content (AvgIpc) is 2.87. The van der Waals surface area contributed by atoms with Gasteiger partial charge in [-0.1, -0.05) is 31.2 Å². The van der Waals surface area contributed by atoms with Gasteiger partial charge in [-0.2, -0.15) is 5.26 Å². The molecule has 1 aromatic heterocycles. The van der Waals surface area contributed by atoms with E-state index in [4.69, 9.17) is 0 Å². The Bertz CT molecular complexity index is 801. The lowest BCUT2D eigenvalue weighted by atomic mass is 9.81. The summed E-state index contributed by atoms with van der Waals surface area (Å²) in [7, 11) is 0. The number of hydrogen-bond acceptors (Lipinski definition) is 3. The molecule has 2 aromatic rings. The topological polar surface area (TPSA) is 60.2 Å². The first-order valence-electron chi connectivity index (χ1n) is 8.01. The summed E-state index contributed by atoms with van der Waals surface area (Å²) in [5.41, 5.74) is 0.731. The molecule has 1 saturated carbocycles. The molecule has 0 unspecified atom stereocenters. The smallest absolute Gasteiger partial charge is 0.318 e. The lowest BCUT2D eigenvalue weighted by molar-refractivity contribution is 0.125. The van der Waals surface area contributed by atoms with Gasteiger partial charge < -0.3 is 4.90 Å². The van der Waals surface area contributed by atoms with Crippen molar-refractivity contribution in [3.8, 4) is 6.07 Å². The minimum absolute atomic E-state index is 0.0633. The van der Waals surface area contributed by atoms with Crippen molar-refractivity contribution in [3.05, 3.63) is 36.7 Å². The number of rotatable bonds is 2. The molecule has 1 saturated heterocycles. The van der Waals surface area contributed by atoms with Crippen molar-refractivity contribution in [1.29, 1.82) is 5.26 Å². The van der Waals surface area contributed by atoms with E-state index in [-0.39, 0.29) is 12.1 Å². The van der Waals surface area contributed by atoms with Gasteiger partial charge in [0.2, 0.25) is 0 Å². The minimum Gasteiger partial charge on any atom is -0.318 e. The first-order chi connectivity index (χ1) is 11.2. The van der Waals surface area contributed by atoms with E-state index in [1.165, 1.54) is 0 Å². The molecule has 2 aliphatic rings. The zero-order valence-electron chi connectivity index (χ0n) is 13.0. The molecule has 5 nitrogen and oxygen atoms in total. The van der Waals surface area contributed by atoms with Crippen LogP contribution in [-0.2, 0) is 0 Å². The fourth-order valence-electron chi connectivity index (χ4n) is 3.70. The number of anilines is 1. The maximum atomic E-state index is 12.9. The number of amides is 2.